The molecule has 3 N–H and O–H groups in total. The van der Waals surface area contributed by atoms with E-state index in [1.807, 2.05) is 18.4 Å². The van der Waals surface area contributed by atoms with Crippen molar-refractivity contribution in [2.45, 2.75) is 4.90 Å². The van der Waals surface area contributed by atoms with Crippen molar-refractivity contribution in [1.29, 1.82) is 0 Å². The summed E-state index contributed by atoms with van der Waals surface area (Å²) in [4.78, 5) is 1.18. The van der Waals surface area contributed by atoms with Crippen LogP contribution < -0.4 is 11.1 Å². The topological polar surface area (TPSA) is 38.0 Å². The third-order valence-corrected chi connectivity index (χ3v) is 4.01. The summed E-state index contributed by atoms with van der Waals surface area (Å²) < 4.78 is 13.8. The molecule has 0 amide bonds. The number of anilines is 2. The van der Waals surface area contributed by atoms with Gasteiger partial charge in [-0.2, -0.15) is 0 Å². The fourth-order valence-corrected chi connectivity index (χ4v) is 2.94. The highest BCUT2D eigenvalue weighted by Crippen LogP contribution is 2.33. The van der Waals surface area contributed by atoms with Gasteiger partial charge in [0.15, 0.2) is 0 Å². The van der Waals surface area contributed by atoms with Crippen LogP contribution in [0.4, 0.5) is 15.8 Å². The first-order chi connectivity index (χ1) is 9.54. The molecule has 0 saturated carbocycles. The fraction of sp³-hybridized carbons (Fsp3) is 0.0714. The smallest absolute Gasteiger partial charge is 0.148 e. The lowest BCUT2D eigenvalue weighted by Gasteiger charge is -2.15. The molecule has 104 valence electrons. The second-order valence-corrected chi connectivity index (χ2v) is 5.66. The molecule has 20 heavy (non-hydrogen) atoms. The Morgan fingerprint density at radius 2 is 2.00 bits per heavy atom. The molecule has 2 nitrogen and oxygen atoms in total. The first-order valence-corrected chi connectivity index (χ1v) is 7.73. The molecule has 0 aliphatic heterocycles. The Morgan fingerprint density at radius 3 is 2.60 bits per heavy atom. The van der Waals surface area contributed by atoms with Gasteiger partial charge in [0.25, 0.3) is 0 Å². The van der Waals surface area contributed by atoms with Gasteiger partial charge in [-0.1, -0.05) is 36.0 Å². The highest BCUT2D eigenvalue weighted by molar-refractivity contribution is 7.98. The van der Waals surface area contributed by atoms with Crippen LogP contribution in [0.3, 0.4) is 0 Å². The molecule has 0 spiro atoms. The third-order valence-electron chi connectivity index (χ3n) is 2.71. The lowest BCUT2D eigenvalue weighted by atomic mass is 10.1. The standard InChI is InChI=1S/C14H12ClFN2S2/c1-20-11-7-3-6-10(12(11)14(17)19)18-13-8(15)4-2-5-9(13)16/h2-7,18H,1H3,(H2,17,19). The summed E-state index contributed by atoms with van der Waals surface area (Å²) in [6.45, 7) is 0. The number of hydrogen-bond donors (Lipinski definition) is 2. The maximum absolute atomic E-state index is 13.8. The molecule has 0 aliphatic rings. The quantitative estimate of drug-likeness (QED) is 0.637. The highest BCUT2D eigenvalue weighted by atomic mass is 35.5. The number of halogens is 2. The zero-order valence-corrected chi connectivity index (χ0v) is 13.0. The Labute approximate surface area is 131 Å². The van der Waals surface area contributed by atoms with Crippen molar-refractivity contribution in [3.05, 3.63) is 52.8 Å². The van der Waals surface area contributed by atoms with Crippen LogP contribution in [0.1, 0.15) is 5.56 Å². The Hall–Kier alpha value is -1.30. The van der Waals surface area contributed by atoms with Gasteiger partial charge in [0.2, 0.25) is 0 Å². The SMILES string of the molecule is CSc1cccc(Nc2c(F)cccc2Cl)c1C(N)=S. The zero-order valence-electron chi connectivity index (χ0n) is 10.6. The van der Waals surface area contributed by atoms with Gasteiger partial charge >= 0.3 is 0 Å². The van der Waals surface area contributed by atoms with Crippen molar-refractivity contribution in [2.24, 2.45) is 5.73 Å². The minimum absolute atomic E-state index is 0.213. The van der Waals surface area contributed by atoms with Crippen LogP contribution in [0, 0.1) is 5.82 Å². The second-order valence-electron chi connectivity index (χ2n) is 3.97. The summed E-state index contributed by atoms with van der Waals surface area (Å²) >= 11 is 12.6. The molecule has 2 rings (SSSR count). The van der Waals surface area contributed by atoms with Crippen molar-refractivity contribution in [2.75, 3.05) is 11.6 Å². The fourth-order valence-electron chi connectivity index (χ4n) is 1.81. The van der Waals surface area contributed by atoms with Crippen molar-refractivity contribution in [3.63, 3.8) is 0 Å². The van der Waals surface area contributed by atoms with E-state index in [1.54, 1.807) is 18.2 Å². The predicted molar refractivity (Wildman–Crippen MR) is 88.8 cm³/mol. The summed E-state index contributed by atoms with van der Waals surface area (Å²) in [5.74, 6) is -0.430. The van der Waals surface area contributed by atoms with E-state index < -0.39 is 5.82 Å². The van der Waals surface area contributed by atoms with Gasteiger partial charge in [-0.15, -0.1) is 11.8 Å². The van der Waals surface area contributed by atoms with Crippen molar-refractivity contribution < 1.29 is 4.39 Å². The molecule has 0 heterocycles. The number of rotatable bonds is 4. The molecular weight excluding hydrogens is 315 g/mol. The van der Waals surface area contributed by atoms with Gasteiger partial charge in [-0.3, -0.25) is 0 Å². The Morgan fingerprint density at radius 1 is 1.30 bits per heavy atom. The predicted octanol–water partition coefficient (Wildman–Crippen LogP) is 4.58. The van der Waals surface area contributed by atoms with E-state index in [-0.39, 0.29) is 10.7 Å². The minimum Gasteiger partial charge on any atom is -0.389 e. The maximum Gasteiger partial charge on any atom is 0.148 e. The number of thiocarbonyl (C=S) groups is 1. The van der Waals surface area contributed by atoms with E-state index in [2.05, 4.69) is 5.32 Å². The second kappa shape index (κ2) is 6.43. The van der Waals surface area contributed by atoms with Gasteiger partial charge in [-0.05, 0) is 30.5 Å². The van der Waals surface area contributed by atoms with Crippen molar-refractivity contribution in [1.82, 2.24) is 0 Å². The molecule has 0 unspecified atom stereocenters. The molecule has 0 bridgehead atoms. The van der Waals surface area contributed by atoms with Crippen LogP contribution >= 0.6 is 35.6 Å². The molecule has 2 aromatic carbocycles. The molecule has 0 atom stereocenters. The van der Waals surface area contributed by atoms with E-state index >= 15 is 0 Å². The van der Waals surface area contributed by atoms with E-state index in [1.165, 1.54) is 17.8 Å². The number of nitrogens with two attached hydrogens (primary N) is 1. The minimum atomic E-state index is -0.430. The summed E-state index contributed by atoms with van der Waals surface area (Å²) in [5.41, 5.74) is 7.31. The Balaban J connectivity index is 2.51. The summed E-state index contributed by atoms with van der Waals surface area (Å²) in [6, 6.07) is 10.1. The van der Waals surface area contributed by atoms with E-state index in [0.717, 1.165) is 4.90 Å². The Bertz CT molecular complexity index is 641. The van der Waals surface area contributed by atoms with E-state index in [0.29, 0.717) is 16.3 Å². The summed E-state index contributed by atoms with van der Waals surface area (Å²) in [5, 5.41) is 3.28. The number of benzene rings is 2. The molecule has 0 radical (unpaired) electrons. The Kier molecular flexibility index (Phi) is 4.86. The van der Waals surface area contributed by atoms with E-state index in [9.17, 15) is 4.39 Å². The van der Waals surface area contributed by atoms with Crippen LogP contribution in [0.2, 0.25) is 5.02 Å². The summed E-state index contributed by atoms with van der Waals surface area (Å²) in [6.07, 6.45) is 1.93. The van der Waals surface area contributed by atoms with Gasteiger partial charge in [0.05, 0.1) is 10.7 Å². The third kappa shape index (κ3) is 3.06. The summed E-state index contributed by atoms with van der Waals surface area (Å²) in [7, 11) is 0. The maximum atomic E-state index is 13.8. The van der Waals surface area contributed by atoms with Gasteiger partial charge in [0, 0.05) is 16.1 Å². The number of para-hydroxylation sites is 1. The molecule has 6 heteroatoms. The number of nitrogens with one attached hydrogen (secondary N) is 1. The molecule has 0 saturated heterocycles. The monoisotopic (exact) mass is 326 g/mol. The zero-order chi connectivity index (χ0) is 14.7. The van der Waals surface area contributed by atoms with Crippen molar-refractivity contribution >= 4 is 51.9 Å². The first-order valence-electron chi connectivity index (χ1n) is 5.72. The average Bonchev–Trinajstić information content (AvgIpc) is 2.42. The number of hydrogen-bond acceptors (Lipinski definition) is 3. The highest BCUT2D eigenvalue weighted by Gasteiger charge is 2.13. The largest absolute Gasteiger partial charge is 0.389 e. The number of thioether (sulfide) groups is 1. The van der Waals surface area contributed by atoms with Crippen LogP contribution in [0.5, 0.6) is 0 Å². The van der Waals surface area contributed by atoms with Crippen LogP contribution in [-0.4, -0.2) is 11.2 Å². The van der Waals surface area contributed by atoms with Crippen LogP contribution in [-0.2, 0) is 0 Å². The molecule has 0 aromatic heterocycles. The van der Waals surface area contributed by atoms with Gasteiger partial charge in [-0.25, -0.2) is 4.39 Å². The average molecular weight is 327 g/mol. The molecule has 2 aromatic rings. The first kappa shape index (κ1) is 15.1. The molecule has 0 fully saturated rings. The van der Waals surface area contributed by atoms with Crippen LogP contribution in [0.25, 0.3) is 0 Å². The normalized spacial score (nSPS) is 10.3. The van der Waals surface area contributed by atoms with E-state index in [4.69, 9.17) is 29.6 Å². The van der Waals surface area contributed by atoms with Gasteiger partial charge < -0.3 is 11.1 Å². The van der Waals surface area contributed by atoms with Crippen molar-refractivity contribution in [3.8, 4) is 0 Å². The lowest BCUT2D eigenvalue weighted by Crippen LogP contribution is -2.13. The lowest BCUT2D eigenvalue weighted by molar-refractivity contribution is 0.632. The molecule has 0 aliphatic carbocycles. The van der Waals surface area contributed by atoms with Crippen LogP contribution in [0.15, 0.2) is 41.3 Å². The van der Waals surface area contributed by atoms with Gasteiger partial charge in [0.1, 0.15) is 10.8 Å². The molecular formula is C14H12ClFN2S2.